The summed E-state index contributed by atoms with van der Waals surface area (Å²) in [7, 11) is 1.64. The van der Waals surface area contributed by atoms with Crippen molar-refractivity contribution < 1.29 is 9.53 Å². The van der Waals surface area contributed by atoms with Crippen LogP contribution in [0.5, 0.6) is 5.75 Å². The monoisotopic (exact) mass is 493 g/mol. The zero-order chi connectivity index (χ0) is 25.9. The van der Waals surface area contributed by atoms with Crippen molar-refractivity contribution in [2.45, 2.75) is 32.4 Å². The second-order valence-electron chi connectivity index (χ2n) is 9.56. The molecule has 0 saturated carbocycles. The number of aromatic nitrogens is 2. The van der Waals surface area contributed by atoms with Crippen LogP contribution in [-0.4, -0.2) is 53.7 Å². The number of hydrogen-bond acceptors (Lipinski definition) is 5. The normalized spacial score (nSPS) is 17.5. The number of benzene rings is 2. The van der Waals surface area contributed by atoms with E-state index in [1.165, 1.54) is 5.57 Å². The molecule has 2 aromatic carbocycles. The molecule has 3 aromatic rings. The molecule has 1 saturated heterocycles. The van der Waals surface area contributed by atoms with E-state index >= 15 is 0 Å². The lowest BCUT2D eigenvalue weighted by atomic mass is 10.0. The maximum absolute atomic E-state index is 13.1. The molecule has 0 unspecified atom stereocenters. The van der Waals surface area contributed by atoms with Gasteiger partial charge in [-0.1, -0.05) is 30.2 Å². The predicted octanol–water partition coefficient (Wildman–Crippen LogP) is 4.54. The molecule has 1 aliphatic heterocycles. The van der Waals surface area contributed by atoms with Gasteiger partial charge in [-0.15, -0.1) is 6.42 Å². The van der Waals surface area contributed by atoms with Crippen LogP contribution in [0.1, 0.15) is 47.8 Å². The summed E-state index contributed by atoms with van der Waals surface area (Å²) < 4.78 is 5.32. The van der Waals surface area contributed by atoms with Gasteiger partial charge in [-0.25, -0.2) is 14.8 Å². The first-order valence-electron chi connectivity index (χ1n) is 12.5. The number of nitrogens with one attached hydrogen (secondary N) is 1. The first kappa shape index (κ1) is 24.4. The Labute approximate surface area is 218 Å². The highest BCUT2D eigenvalue weighted by Crippen LogP contribution is 2.35. The Morgan fingerprint density at radius 2 is 2.00 bits per heavy atom. The molecule has 1 fully saturated rings. The van der Waals surface area contributed by atoms with E-state index in [1.54, 1.807) is 13.4 Å². The first-order chi connectivity index (χ1) is 18.0. The summed E-state index contributed by atoms with van der Waals surface area (Å²) in [4.78, 5) is 26.5. The van der Waals surface area contributed by atoms with Gasteiger partial charge in [0, 0.05) is 43.2 Å². The summed E-state index contributed by atoms with van der Waals surface area (Å²) in [6, 6.07) is 15.7. The Morgan fingerprint density at radius 3 is 2.73 bits per heavy atom. The van der Waals surface area contributed by atoms with Gasteiger partial charge < -0.3 is 19.9 Å². The van der Waals surface area contributed by atoms with Gasteiger partial charge in [0.15, 0.2) is 0 Å². The van der Waals surface area contributed by atoms with Gasteiger partial charge in [-0.2, -0.15) is 0 Å². The first-order valence-corrected chi connectivity index (χ1v) is 12.5. The number of piperazine rings is 1. The van der Waals surface area contributed by atoms with E-state index in [9.17, 15) is 4.79 Å². The maximum Gasteiger partial charge on any atom is 0.318 e. The van der Waals surface area contributed by atoms with Crippen LogP contribution in [0.25, 0.3) is 11.6 Å². The van der Waals surface area contributed by atoms with E-state index in [0.717, 1.165) is 45.9 Å². The number of rotatable bonds is 5. The van der Waals surface area contributed by atoms with Crippen LogP contribution < -0.4 is 15.0 Å². The highest BCUT2D eigenvalue weighted by molar-refractivity contribution is 5.91. The van der Waals surface area contributed by atoms with Gasteiger partial charge in [0.1, 0.15) is 17.9 Å². The van der Waals surface area contributed by atoms with Crippen molar-refractivity contribution in [2.75, 3.05) is 31.6 Å². The molecular formula is C30H31N5O2. The molecule has 2 heterocycles. The molecule has 0 radical (unpaired) electrons. The topological polar surface area (TPSA) is 70.6 Å². The summed E-state index contributed by atoms with van der Waals surface area (Å²) in [5, 5.41) is 3.14. The average molecular weight is 494 g/mol. The van der Waals surface area contributed by atoms with Crippen molar-refractivity contribution in [3.63, 3.8) is 0 Å². The Hall–Kier alpha value is -4.31. The van der Waals surface area contributed by atoms with Crippen molar-refractivity contribution in [1.82, 2.24) is 20.2 Å². The van der Waals surface area contributed by atoms with Gasteiger partial charge in [0.05, 0.1) is 18.8 Å². The summed E-state index contributed by atoms with van der Waals surface area (Å²) in [5.74, 6) is 4.37. The van der Waals surface area contributed by atoms with Crippen LogP contribution in [0.2, 0.25) is 0 Å². The lowest BCUT2D eigenvalue weighted by Gasteiger charge is -2.41. The van der Waals surface area contributed by atoms with E-state index in [0.29, 0.717) is 19.6 Å². The predicted molar refractivity (Wildman–Crippen MR) is 146 cm³/mol. The second kappa shape index (κ2) is 10.4. The molecule has 1 aromatic heterocycles. The van der Waals surface area contributed by atoms with Crippen molar-refractivity contribution in [3.05, 3.63) is 82.8 Å². The van der Waals surface area contributed by atoms with E-state index in [4.69, 9.17) is 11.2 Å². The Morgan fingerprint density at radius 1 is 1.19 bits per heavy atom. The third kappa shape index (κ3) is 5.01. The standard InChI is InChI=1S/C30H31N5O2/c1-5-22-9-11-23(12-10-22)25-16-27-28(17-25)31-19-32-29(27)34-13-14-35(20(2)18-34)30(36)33-21(3)24-7-6-8-26(15-24)37-4/h1,6-12,15-16,19-21H,13-14,17-18H2,2-4H3,(H,33,36)/t20-,21+/m1/s1. The summed E-state index contributed by atoms with van der Waals surface area (Å²) in [6.45, 7) is 6.08. The number of urea groups is 1. The van der Waals surface area contributed by atoms with Crippen LogP contribution in [0, 0.1) is 12.3 Å². The lowest BCUT2D eigenvalue weighted by molar-refractivity contribution is 0.168. The summed E-state index contributed by atoms with van der Waals surface area (Å²) in [5.41, 5.74) is 6.32. The van der Waals surface area contributed by atoms with Crippen LogP contribution in [0.3, 0.4) is 0 Å². The third-order valence-corrected chi connectivity index (χ3v) is 7.17. The molecule has 37 heavy (non-hydrogen) atoms. The quantitative estimate of drug-likeness (QED) is 0.529. The maximum atomic E-state index is 13.1. The van der Waals surface area contributed by atoms with Crippen molar-refractivity contribution >= 4 is 23.5 Å². The second-order valence-corrected chi connectivity index (χ2v) is 9.56. The zero-order valence-electron chi connectivity index (χ0n) is 21.4. The molecule has 2 atom stereocenters. The fraction of sp³-hybridized carbons (Fsp3) is 0.300. The minimum atomic E-state index is -0.128. The van der Waals surface area contributed by atoms with Crippen molar-refractivity contribution in [3.8, 4) is 18.1 Å². The molecule has 1 N–H and O–H groups in total. The average Bonchev–Trinajstić information content (AvgIpc) is 3.37. The highest BCUT2D eigenvalue weighted by atomic mass is 16.5. The summed E-state index contributed by atoms with van der Waals surface area (Å²) in [6.07, 6.45) is 10.1. The SMILES string of the molecule is C#Cc1ccc(C2=Cc3c(ncnc3N3CCN(C(=O)N[C@@H](C)c4cccc(OC)c4)[C@H](C)C3)C2)cc1. The molecular weight excluding hydrogens is 462 g/mol. The van der Waals surface area contributed by atoms with Crippen molar-refractivity contribution in [1.29, 1.82) is 0 Å². The summed E-state index contributed by atoms with van der Waals surface area (Å²) >= 11 is 0. The number of carbonyl (C=O) groups excluding carboxylic acids is 1. The molecule has 0 bridgehead atoms. The number of terminal acetylenes is 1. The number of allylic oxidation sites excluding steroid dienone is 1. The lowest BCUT2D eigenvalue weighted by Crippen LogP contribution is -2.57. The Kier molecular flexibility index (Phi) is 6.82. The van der Waals surface area contributed by atoms with Crippen LogP contribution in [0.4, 0.5) is 10.6 Å². The number of fused-ring (bicyclic) bond motifs is 1. The number of carbonyl (C=O) groups is 1. The van der Waals surface area contributed by atoms with Gasteiger partial charge >= 0.3 is 6.03 Å². The molecule has 0 spiro atoms. The van der Waals surface area contributed by atoms with Crippen molar-refractivity contribution in [2.24, 2.45) is 0 Å². The number of anilines is 1. The Bertz CT molecular complexity index is 1380. The molecule has 1 aliphatic carbocycles. The number of methoxy groups -OCH3 is 1. The molecule has 7 nitrogen and oxygen atoms in total. The molecule has 5 rings (SSSR count). The molecule has 2 aliphatic rings. The molecule has 2 amide bonds. The smallest absolute Gasteiger partial charge is 0.318 e. The van der Waals surface area contributed by atoms with Crippen LogP contribution in [0.15, 0.2) is 54.9 Å². The fourth-order valence-electron chi connectivity index (χ4n) is 5.05. The van der Waals surface area contributed by atoms with Crippen LogP contribution in [-0.2, 0) is 6.42 Å². The highest BCUT2D eigenvalue weighted by Gasteiger charge is 2.31. The zero-order valence-corrected chi connectivity index (χ0v) is 21.4. The van der Waals surface area contributed by atoms with E-state index < -0.39 is 0 Å². The largest absolute Gasteiger partial charge is 0.497 e. The Balaban J connectivity index is 1.27. The van der Waals surface area contributed by atoms with Gasteiger partial charge in [0.2, 0.25) is 0 Å². The van der Waals surface area contributed by atoms with E-state index in [-0.39, 0.29) is 18.1 Å². The van der Waals surface area contributed by atoms with E-state index in [2.05, 4.69) is 51.2 Å². The number of amides is 2. The molecule has 7 heteroatoms. The van der Waals surface area contributed by atoms with Gasteiger partial charge in [-0.05, 0) is 60.9 Å². The van der Waals surface area contributed by atoms with Gasteiger partial charge in [-0.3, -0.25) is 0 Å². The minimum Gasteiger partial charge on any atom is -0.497 e. The van der Waals surface area contributed by atoms with E-state index in [1.807, 2.05) is 48.2 Å². The number of ether oxygens (including phenoxy) is 1. The third-order valence-electron chi connectivity index (χ3n) is 7.17. The molecule has 188 valence electrons. The fourth-order valence-corrected chi connectivity index (χ4v) is 5.05. The van der Waals surface area contributed by atoms with Gasteiger partial charge in [0.25, 0.3) is 0 Å². The number of hydrogen-bond donors (Lipinski definition) is 1. The minimum absolute atomic E-state index is 0.0260. The van der Waals surface area contributed by atoms with Crippen LogP contribution >= 0.6 is 0 Å². The number of nitrogens with zero attached hydrogens (tertiary/aromatic N) is 4.